The number of nitrogens with zero attached hydrogens (tertiary/aromatic N) is 1. The van der Waals surface area contributed by atoms with Crippen molar-refractivity contribution in [2.45, 2.75) is 5.54 Å². The Balaban J connectivity index is 1.75. The Morgan fingerprint density at radius 2 is 1.37 bits per heavy atom. The first-order valence-electron chi connectivity index (χ1n) is 10.9. The second kappa shape index (κ2) is 10.1. The van der Waals surface area contributed by atoms with Crippen LogP contribution in [0.4, 0.5) is 0 Å². The molecule has 3 aromatic carbocycles. The molecule has 0 saturated carbocycles. The molecule has 0 unspecified atom stereocenters. The van der Waals surface area contributed by atoms with Crippen LogP contribution in [0.2, 0.25) is 0 Å². The zero-order valence-corrected chi connectivity index (χ0v) is 19.3. The normalized spacial score (nSPS) is 10.9. The van der Waals surface area contributed by atoms with Gasteiger partial charge in [-0.25, -0.2) is 9.78 Å². The molecule has 7 heteroatoms. The number of ether oxygens (including phenoxy) is 2. The van der Waals surface area contributed by atoms with Crippen LogP contribution in [0.3, 0.4) is 0 Å². The van der Waals surface area contributed by atoms with E-state index in [-0.39, 0.29) is 5.69 Å². The van der Waals surface area contributed by atoms with Crippen LogP contribution >= 0.6 is 0 Å². The maximum Gasteiger partial charge on any atom is 0.338 e. The van der Waals surface area contributed by atoms with Gasteiger partial charge in [0, 0.05) is 5.56 Å². The molecule has 4 aromatic rings. The maximum absolute atomic E-state index is 13.4. The van der Waals surface area contributed by atoms with Gasteiger partial charge in [0.1, 0.15) is 5.69 Å². The summed E-state index contributed by atoms with van der Waals surface area (Å²) < 4.78 is 10.7. The van der Waals surface area contributed by atoms with E-state index in [1.54, 1.807) is 104 Å². The van der Waals surface area contributed by atoms with E-state index >= 15 is 0 Å². The standard InChI is InChI=1S/C28H24N2O5/c1-34-24-17-16-19(18-25(24)35-2)22-14-9-15-23(29-22)26(31)30-28(27(32)33,20-10-5-3-6-11-20)21-12-7-4-8-13-21/h3-18H,1-2H3,(H,30,31)(H,32,33). The molecular weight excluding hydrogens is 444 g/mol. The van der Waals surface area contributed by atoms with Gasteiger partial charge in [-0.15, -0.1) is 0 Å². The number of carbonyl (C=O) groups excluding carboxylic acids is 1. The summed E-state index contributed by atoms with van der Waals surface area (Å²) in [6.45, 7) is 0. The molecule has 0 radical (unpaired) electrons. The number of aromatic nitrogens is 1. The van der Waals surface area contributed by atoms with Crippen LogP contribution in [0.15, 0.2) is 97.1 Å². The lowest BCUT2D eigenvalue weighted by Gasteiger charge is -2.31. The van der Waals surface area contributed by atoms with Crippen LogP contribution in [-0.2, 0) is 10.3 Å². The Hall–Kier alpha value is -4.65. The summed E-state index contributed by atoms with van der Waals surface area (Å²) in [6.07, 6.45) is 0. The molecule has 0 bridgehead atoms. The molecule has 0 aliphatic heterocycles. The van der Waals surface area contributed by atoms with Crippen molar-refractivity contribution in [3.05, 3.63) is 114 Å². The Morgan fingerprint density at radius 1 is 0.771 bits per heavy atom. The molecule has 1 aromatic heterocycles. The van der Waals surface area contributed by atoms with Crippen molar-refractivity contribution in [3.63, 3.8) is 0 Å². The minimum atomic E-state index is -1.80. The van der Waals surface area contributed by atoms with Crippen LogP contribution in [0.25, 0.3) is 11.3 Å². The highest BCUT2D eigenvalue weighted by molar-refractivity contribution is 5.98. The average Bonchev–Trinajstić information content (AvgIpc) is 2.92. The van der Waals surface area contributed by atoms with Crippen molar-refractivity contribution in [1.82, 2.24) is 10.3 Å². The molecule has 35 heavy (non-hydrogen) atoms. The predicted octanol–water partition coefficient (Wildman–Crippen LogP) is 4.52. The summed E-state index contributed by atoms with van der Waals surface area (Å²) in [5, 5.41) is 13.2. The highest BCUT2D eigenvalue weighted by atomic mass is 16.5. The number of hydrogen-bond donors (Lipinski definition) is 2. The van der Waals surface area contributed by atoms with Gasteiger partial charge in [0.2, 0.25) is 0 Å². The van der Waals surface area contributed by atoms with Gasteiger partial charge < -0.3 is 19.9 Å². The molecule has 2 N–H and O–H groups in total. The topological polar surface area (TPSA) is 97.8 Å². The largest absolute Gasteiger partial charge is 0.493 e. The lowest BCUT2D eigenvalue weighted by molar-refractivity contribution is -0.143. The summed E-state index contributed by atoms with van der Waals surface area (Å²) in [7, 11) is 3.09. The third-order valence-corrected chi connectivity index (χ3v) is 5.70. The fraction of sp³-hybridized carbons (Fsp3) is 0.107. The summed E-state index contributed by atoms with van der Waals surface area (Å²) >= 11 is 0. The van der Waals surface area contributed by atoms with Crippen molar-refractivity contribution in [2.24, 2.45) is 0 Å². The number of pyridine rings is 1. The quantitative estimate of drug-likeness (QED) is 0.395. The van der Waals surface area contributed by atoms with E-state index < -0.39 is 17.4 Å². The Labute approximate surface area is 203 Å². The van der Waals surface area contributed by atoms with Gasteiger partial charge in [0.15, 0.2) is 17.0 Å². The van der Waals surface area contributed by atoms with E-state index in [1.807, 2.05) is 0 Å². The fourth-order valence-electron chi connectivity index (χ4n) is 3.94. The number of benzene rings is 3. The lowest BCUT2D eigenvalue weighted by atomic mass is 9.82. The molecule has 0 aliphatic rings. The molecule has 1 heterocycles. The number of rotatable bonds is 8. The summed E-state index contributed by atoms with van der Waals surface area (Å²) in [6, 6.07) is 27.5. The summed E-state index contributed by atoms with van der Waals surface area (Å²) in [5.41, 5.74) is 0.355. The van der Waals surface area contributed by atoms with Gasteiger partial charge >= 0.3 is 5.97 Å². The van der Waals surface area contributed by atoms with E-state index in [0.717, 1.165) is 0 Å². The molecule has 176 valence electrons. The minimum absolute atomic E-state index is 0.0785. The van der Waals surface area contributed by atoms with Crippen molar-refractivity contribution in [3.8, 4) is 22.8 Å². The monoisotopic (exact) mass is 468 g/mol. The number of carboxylic acid groups (broad SMARTS) is 1. The molecule has 1 amide bonds. The van der Waals surface area contributed by atoms with Crippen molar-refractivity contribution in [1.29, 1.82) is 0 Å². The van der Waals surface area contributed by atoms with E-state index in [9.17, 15) is 14.7 Å². The molecule has 0 fully saturated rings. The first kappa shape index (κ1) is 23.5. The summed E-state index contributed by atoms with van der Waals surface area (Å²) in [4.78, 5) is 30.7. The van der Waals surface area contributed by atoms with Crippen molar-refractivity contribution in [2.75, 3.05) is 14.2 Å². The number of methoxy groups -OCH3 is 2. The SMILES string of the molecule is COc1ccc(-c2cccc(C(=O)NC(C(=O)O)(c3ccccc3)c3ccccc3)n2)cc1OC. The van der Waals surface area contributed by atoms with Gasteiger partial charge in [-0.3, -0.25) is 4.79 Å². The van der Waals surface area contributed by atoms with Crippen LogP contribution in [0.5, 0.6) is 11.5 Å². The van der Waals surface area contributed by atoms with Crippen LogP contribution in [-0.4, -0.2) is 36.2 Å². The molecule has 0 spiro atoms. The third-order valence-electron chi connectivity index (χ3n) is 5.70. The first-order valence-corrected chi connectivity index (χ1v) is 10.9. The highest BCUT2D eigenvalue weighted by Gasteiger charge is 2.44. The Kier molecular flexibility index (Phi) is 6.78. The fourth-order valence-corrected chi connectivity index (χ4v) is 3.94. The lowest BCUT2D eigenvalue weighted by Crippen LogP contribution is -2.52. The van der Waals surface area contributed by atoms with Crippen LogP contribution in [0.1, 0.15) is 21.6 Å². The molecule has 4 rings (SSSR count). The predicted molar refractivity (Wildman–Crippen MR) is 132 cm³/mol. The van der Waals surface area contributed by atoms with Gasteiger partial charge in [0.25, 0.3) is 5.91 Å². The number of carbonyl (C=O) groups is 2. The van der Waals surface area contributed by atoms with Crippen molar-refractivity contribution >= 4 is 11.9 Å². The number of aliphatic carboxylic acids is 1. The zero-order valence-electron chi connectivity index (χ0n) is 19.3. The first-order chi connectivity index (χ1) is 17.0. The van der Waals surface area contributed by atoms with E-state index in [0.29, 0.717) is 33.9 Å². The molecular formula is C28H24N2O5. The third kappa shape index (κ3) is 4.56. The average molecular weight is 469 g/mol. The smallest absolute Gasteiger partial charge is 0.338 e. The van der Waals surface area contributed by atoms with E-state index in [1.165, 1.54) is 7.11 Å². The maximum atomic E-state index is 13.4. The molecule has 0 saturated heterocycles. The summed E-state index contributed by atoms with van der Waals surface area (Å²) in [5.74, 6) is -0.733. The van der Waals surface area contributed by atoms with Crippen LogP contribution in [0, 0.1) is 0 Å². The van der Waals surface area contributed by atoms with E-state index in [4.69, 9.17) is 9.47 Å². The number of carboxylic acids is 1. The number of nitrogens with one attached hydrogen (secondary N) is 1. The van der Waals surface area contributed by atoms with E-state index in [2.05, 4.69) is 10.3 Å². The zero-order chi connectivity index (χ0) is 24.8. The van der Waals surface area contributed by atoms with Gasteiger partial charge in [-0.05, 0) is 41.5 Å². The Morgan fingerprint density at radius 3 is 1.91 bits per heavy atom. The molecule has 0 atom stereocenters. The number of hydrogen-bond acceptors (Lipinski definition) is 5. The van der Waals surface area contributed by atoms with Gasteiger partial charge in [-0.2, -0.15) is 0 Å². The van der Waals surface area contributed by atoms with Crippen molar-refractivity contribution < 1.29 is 24.2 Å². The molecule has 0 aliphatic carbocycles. The van der Waals surface area contributed by atoms with Gasteiger partial charge in [0.05, 0.1) is 19.9 Å². The van der Waals surface area contributed by atoms with Crippen LogP contribution < -0.4 is 14.8 Å². The van der Waals surface area contributed by atoms with Gasteiger partial charge in [-0.1, -0.05) is 66.7 Å². The number of amides is 1. The Bertz CT molecular complexity index is 1300. The highest BCUT2D eigenvalue weighted by Crippen LogP contribution is 2.33. The minimum Gasteiger partial charge on any atom is -0.493 e. The second-order valence-corrected chi connectivity index (χ2v) is 7.72. The molecule has 7 nitrogen and oxygen atoms in total. The second-order valence-electron chi connectivity index (χ2n) is 7.72.